The first kappa shape index (κ1) is 35.4. The van der Waals surface area contributed by atoms with Crippen LogP contribution in [0.2, 0.25) is 0 Å². The van der Waals surface area contributed by atoms with E-state index in [1.807, 2.05) is 41.5 Å². The van der Waals surface area contributed by atoms with Crippen LogP contribution in [0.5, 0.6) is 0 Å². The summed E-state index contributed by atoms with van der Waals surface area (Å²) in [7, 11) is 0. The number of rotatable bonds is 15. The van der Waals surface area contributed by atoms with E-state index in [0.29, 0.717) is 25.2 Å². The Bertz CT molecular complexity index is 1030. The Morgan fingerprint density at radius 1 is 0.829 bits per heavy atom. The number of hydrogen-bond acceptors (Lipinski definition) is 6. The Balaban J connectivity index is 2.76. The minimum absolute atomic E-state index is 0.0153. The van der Waals surface area contributed by atoms with Crippen LogP contribution in [0.15, 0.2) is 24.3 Å². The fraction of sp³-hybridized carbons (Fsp3) is 0.621. The average molecular weight is 576 g/mol. The number of urea groups is 1. The summed E-state index contributed by atoms with van der Waals surface area (Å²) in [5.74, 6) is -1.35. The lowest BCUT2D eigenvalue weighted by molar-refractivity contribution is -0.130. The first-order valence-electron chi connectivity index (χ1n) is 14.0. The lowest BCUT2D eigenvalue weighted by Crippen LogP contribution is -2.52. The van der Waals surface area contributed by atoms with Crippen LogP contribution in [0.4, 0.5) is 10.5 Å². The van der Waals surface area contributed by atoms with Gasteiger partial charge in [-0.1, -0.05) is 32.9 Å². The summed E-state index contributed by atoms with van der Waals surface area (Å²) < 4.78 is 0. The van der Waals surface area contributed by atoms with E-state index in [2.05, 4.69) is 31.9 Å². The zero-order valence-corrected chi connectivity index (χ0v) is 25.5. The molecule has 0 aromatic heterocycles. The van der Waals surface area contributed by atoms with Gasteiger partial charge in [0.2, 0.25) is 23.6 Å². The molecule has 6 amide bonds. The van der Waals surface area contributed by atoms with E-state index in [0.717, 1.165) is 5.56 Å². The first-order chi connectivity index (χ1) is 18.9. The van der Waals surface area contributed by atoms with Gasteiger partial charge < -0.3 is 37.6 Å². The molecule has 1 rings (SSSR count). The molecule has 1 aromatic rings. The van der Waals surface area contributed by atoms with Gasteiger partial charge in [0.25, 0.3) is 0 Å². The summed E-state index contributed by atoms with van der Waals surface area (Å²) in [5.41, 5.74) is 6.25. The molecular weight excluding hydrogens is 526 g/mol. The second kappa shape index (κ2) is 16.6. The van der Waals surface area contributed by atoms with Crippen LogP contribution in [0.3, 0.4) is 0 Å². The normalized spacial score (nSPS) is 13.0. The summed E-state index contributed by atoms with van der Waals surface area (Å²) in [5, 5.41) is 16.7. The Kier molecular flexibility index (Phi) is 14.3. The number of carbonyl (C=O) groups excluding carboxylic acids is 5. The van der Waals surface area contributed by atoms with Crippen molar-refractivity contribution in [3.63, 3.8) is 0 Å². The molecule has 8 N–H and O–H groups in total. The minimum Gasteiger partial charge on any atom is -0.355 e. The van der Waals surface area contributed by atoms with E-state index in [-0.39, 0.29) is 48.6 Å². The molecule has 12 heteroatoms. The maximum Gasteiger partial charge on any atom is 0.312 e. The summed E-state index contributed by atoms with van der Waals surface area (Å²) in [6.45, 7) is 14.9. The fourth-order valence-electron chi connectivity index (χ4n) is 3.56. The van der Waals surface area contributed by atoms with Crippen LogP contribution < -0.4 is 37.6 Å². The summed E-state index contributed by atoms with van der Waals surface area (Å²) in [6.07, 6.45) is 1.01. The van der Waals surface area contributed by atoms with Crippen molar-refractivity contribution < 1.29 is 24.0 Å². The third kappa shape index (κ3) is 16.9. The molecule has 0 radical (unpaired) electrons. The molecule has 1 aromatic carbocycles. The monoisotopic (exact) mass is 575 g/mol. The van der Waals surface area contributed by atoms with Gasteiger partial charge in [0.15, 0.2) is 0 Å². The minimum atomic E-state index is -0.929. The molecule has 0 bridgehead atoms. The third-order valence-electron chi connectivity index (χ3n) is 5.78. The molecular formula is C29H49N7O5. The van der Waals surface area contributed by atoms with Gasteiger partial charge in [-0.05, 0) is 63.6 Å². The van der Waals surface area contributed by atoms with Gasteiger partial charge in [0.05, 0.1) is 6.42 Å². The number of nitrogens with one attached hydrogen (secondary N) is 6. The van der Waals surface area contributed by atoms with E-state index in [9.17, 15) is 24.0 Å². The zero-order chi connectivity index (χ0) is 31.2. The smallest absolute Gasteiger partial charge is 0.312 e. The van der Waals surface area contributed by atoms with Crippen LogP contribution in [0.25, 0.3) is 0 Å². The van der Waals surface area contributed by atoms with Gasteiger partial charge in [0, 0.05) is 37.3 Å². The molecule has 0 unspecified atom stereocenters. The Morgan fingerprint density at radius 3 is 2.02 bits per heavy atom. The van der Waals surface area contributed by atoms with E-state index >= 15 is 0 Å². The summed E-state index contributed by atoms with van der Waals surface area (Å²) in [6, 6.07) is 4.41. The van der Waals surface area contributed by atoms with Crippen molar-refractivity contribution in [3.05, 3.63) is 29.8 Å². The number of hydrogen-bond donors (Lipinski definition) is 7. The highest BCUT2D eigenvalue weighted by molar-refractivity contribution is 5.98. The molecule has 12 nitrogen and oxygen atoms in total. The molecule has 0 saturated heterocycles. The quantitative estimate of drug-likeness (QED) is 0.156. The molecule has 0 aliphatic heterocycles. The summed E-state index contributed by atoms with van der Waals surface area (Å²) >= 11 is 0. The van der Waals surface area contributed by atoms with Crippen molar-refractivity contribution in [2.75, 3.05) is 25.0 Å². The molecule has 0 aliphatic rings. The summed E-state index contributed by atoms with van der Waals surface area (Å²) in [4.78, 5) is 61.4. The third-order valence-corrected chi connectivity index (χ3v) is 5.78. The van der Waals surface area contributed by atoms with Gasteiger partial charge in [-0.3, -0.25) is 19.2 Å². The molecule has 0 heterocycles. The van der Waals surface area contributed by atoms with Crippen LogP contribution in [0.1, 0.15) is 73.3 Å². The highest BCUT2D eigenvalue weighted by Gasteiger charge is 2.24. The molecule has 2 atom stereocenters. The average Bonchev–Trinajstić information content (AvgIpc) is 2.84. The van der Waals surface area contributed by atoms with Crippen LogP contribution in [-0.4, -0.2) is 66.9 Å². The van der Waals surface area contributed by atoms with Crippen molar-refractivity contribution in [1.82, 2.24) is 26.6 Å². The van der Waals surface area contributed by atoms with Gasteiger partial charge in [-0.15, -0.1) is 0 Å². The second-order valence-electron chi connectivity index (χ2n) is 12.4. The topological polar surface area (TPSA) is 184 Å². The van der Waals surface area contributed by atoms with Crippen molar-refractivity contribution in [2.24, 2.45) is 11.1 Å². The first-order valence-corrected chi connectivity index (χ1v) is 14.0. The maximum absolute atomic E-state index is 13.1. The standard InChI is InChI=1S/C29H49N7O5/c1-19(34-23(37)14-16-33-29(5,6)7)25(39)36-22(9-8-15-31-27(30)41)26(40)35-21-12-10-20(11-13-21)17-24(38)32-18-28(2,3)4/h10-13,19,22,33H,8-9,14-18H2,1-7H3,(H,32,38)(H,34,37)(H,35,40)(H,36,39)(H3,30,31,41)/t19-,22-/m0/s1. The molecule has 0 fully saturated rings. The van der Waals surface area contributed by atoms with E-state index < -0.39 is 29.9 Å². The molecule has 41 heavy (non-hydrogen) atoms. The number of carbonyl (C=O) groups is 5. The molecule has 0 saturated carbocycles. The van der Waals surface area contributed by atoms with Crippen molar-refractivity contribution in [1.29, 1.82) is 0 Å². The fourth-order valence-corrected chi connectivity index (χ4v) is 3.56. The van der Waals surface area contributed by atoms with Crippen molar-refractivity contribution in [3.8, 4) is 0 Å². The van der Waals surface area contributed by atoms with Crippen molar-refractivity contribution in [2.45, 2.75) is 91.8 Å². The van der Waals surface area contributed by atoms with E-state index in [1.54, 1.807) is 31.2 Å². The van der Waals surface area contributed by atoms with Crippen LogP contribution in [-0.2, 0) is 25.6 Å². The highest BCUT2D eigenvalue weighted by atomic mass is 16.2. The van der Waals surface area contributed by atoms with Crippen molar-refractivity contribution >= 4 is 35.3 Å². The predicted octanol–water partition coefficient (Wildman–Crippen LogP) is 1.55. The number of anilines is 1. The molecule has 0 spiro atoms. The molecule has 0 aliphatic carbocycles. The number of nitrogens with two attached hydrogens (primary N) is 1. The van der Waals surface area contributed by atoms with Gasteiger partial charge >= 0.3 is 6.03 Å². The lowest BCUT2D eigenvalue weighted by atomic mass is 9.97. The lowest BCUT2D eigenvalue weighted by Gasteiger charge is -2.22. The maximum atomic E-state index is 13.1. The zero-order valence-electron chi connectivity index (χ0n) is 25.5. The highest BCUT2D eigenvalue weighted by Crippen LogP contribution is 2.13. The second-order valence-corrected chi connectivity index (χ2v) is 12.4. The number of benzene rings is 1. The number of primary amides is 1. The SMILES string of the molecule is C[C@H](NC(=O)CCNC(C)(C)C)C(=O)N[C@@H](CCCNC(N)=O)C(=O)Nc1ccc(CC(=O)NCC(C)(C)C)cc1. The molecule has 230 valence electrons. The van der Waals surface area contributed by atoms with Crippen LogP contribution in [0, 0.1) is 5.41 Å². The van der Waals surface area contributed by atoms with E-state index in [4.69, 9.17) is 5.73 Å². The van der Waals surface area contributed by atoms with Gasteiger partial charge in [-0.2, -0.15) is 0 Å². The Labute approximate surface area is 243 Å². The van der Waals surface area contributed by atoms with E-state index in [1.165, 1.54) is 0 Å². The number of amides is 6. The predicted molar refractivity (Wildman–Crippen MR) is 160 cm³/mol. The van der Waals surface area contributed by atoms with Crippen LogP contribution >= 0.6 is 0 Å². The largest absolute Gasteiger partial charge is 0.355 e. The van der Waals surface area contributed by atoms with Gasteiger partial charge in [0.1, 0.15) is 12.1 Å². The Morgan fingerprint density at radius 2 is 1.46 bits per heavy atom. The Hall–Kier alpha value is -3.67. The van der Waals surface area contributed by atoms with Gasteiger partial charge in [-0.25, -0.2) is 4.79 Å².